The summed E-state index contributed by atoms with van der Waals surface area (Å²) < 4.78 is 13.7. The summed E-state index contributed by atoms with van der Waals surface area (Å²) in [5, 5.41) is 5.68. The van der Waals surface area contributed by atoms with Crippen LogP contribution in [0.1, 0.15) is 18.4 Å². The van der Waals surface area contributed by atoms with E-state index in [0.717, 1.165) is 40.9 Å². The third-order valence-electron chi connectivity index (χ3n) is 4.79. The molecule has 3 aromatic heterocycles. The summed E-state index contributed by atoms with van der Waals surface area (Å²) in [5.41, 5.74) is 9.42. The van der Waals surface area contributed by atoms with Gasteiger partial charge in [0.15, 0.2) is 11.4 Å². The summed E-state index contributed by atoms with van der Waals surface area (Å²) in [6.07, 6.45) is 3.68. The van der Waals surface area contributed by atoms with Gasteiger partial charge in [0.05, 0.1) is 6.20 Å². The number of nitrogens with zero attached hydrogens (tertiary/aromatic N) is 3. The molecule has 0 aliphatic heterocycles. The molecule has 0 spiro atoms. The fraction of sp³-hybridized carbons (Fsp3) is 0.263. The minimum absolute atomic E-state index is 0.153. The summed E-state index contributed by atoms with van der Waals surface area (Å²) in [5.74, 6) is 1.32. The van der Waals surface area contributed by atoms with Crippen LogP contribution in [0.5, 0.6) is 5.88 Å². The van der Waals surface area contributed by atoms with Crippen molar-refractivity contribution in [2.24, 2.45) is 5.73 Å². The molecule has 4 aromatic rings. The number of benzene rings is 1. The second kappa shape index (κ2) is 5.32. The van der Waals surface area contributed by atoms with Gasteiger partial charge in [-0.05, 0) is 43.5 Å². The van der Waals surface area contributed by atoms with Gasteiger partial charge in [-0.25, -0.2) is 9.50 Å². The first-order valence-corrected chi connectivity index (χ1v) is 8.44. The van der Waals surface area contributed by atoms with Gasteiger partial charge in [-0.3, -0.25) is 0 Å². The number of imidazole rings is 1. The van der Waals surface area contributed by atoms with Crippen LogP contribution in [0.2, 0.25) is 0 Å². The van der Waals surface area contributed by atoms with E-state index in [1.807, 2.05) is 30.3 Å². The Bertz CT molecular complexity index is 1080. The Kier molecular flexibility index (Phi) is 3.08. The van der Waals surface area contributed by atoms with Crippen LogP contribution >= 0.6 is 0 Å². The maximum absolute atomic E-state index is 6.01. The zero-order valence-corrected chi connectivity index (χ0v) is 13.8. The van der Waals surface area contributed by atoms with Gasteiger partial charge in [-0.1, -0.05) is 12.1 Å². The van der Waals surface area contributed by atoms with E-state index in [1.54, 1.807) is 10.7 Å². The molecule has 5 rings (SSSR count). The first-order chi connectivity index (χ1) is 12.2. The summed E-state index contributed by atoms with van der Waals surface area (Å²) in [4.78, 5) is 4.42. The van der Waals surface area contributed by atoms with E-state index >= 15 is 0 Å². The molecule has 1 aromatic carbocycles. The molecule has 1 fully saturated rings. The molecular formula is C19H18N4O2. The number of rotatable bonds is 3. The van der Waals surface area contributed by atoms with Crippen molar-refractivity contribution in [3.05, 3.63) is 48.2 Å². The lowest BCUT2D eigenvalue weighted by Gasteiger charge is -2.31. The van der Waals surface area contributed by atoms with Crippen LogP contribution in [-0.2, 0) is 0 Å². The Morgan fingerprint density at radius 1 is 1.24 bits per heavy atom. The molecule has 2 N–H and O–H groups in total. The molecule has 6 nitrogen and oxygen atoms in total. The maximum atomic E-state index is 6.01. The van der Waals surface area contributed by atoms with E-state index in [4.69, 9.17) is 14.9 Å². The van der Waals surface area contributed by atoms with Gasteiger partial charge in [0.25, 0.3) is 0 Å². The van der Waals surface area contributed by atoms with Gasteiger partial charge in [-0.2, -0.15) is 0 Å². The van der Waals surface area contributed by atoms with Crippen LogP contribution in [0.4, 0.5) is 0 Å². The van der Waals surface area contributed by atoms with E-state index in [2.05, 4.69) is 23.1 Å². The monoisotopic (exact) mass is 334 g/mol. The number of aromatic nitrogens is 3. The standard InChI is InChI=1S/C19H18N4O2/c1-11-3-2-4-16-14(11)9-17(25-16)15-10-21-18-5-6-19(22-23(15)18)24-13-7-12(20)8-13/h2-6,9-10,12-13H,7-8,20H2,1H3/t12-,13-. The number of ether oxygens (including phenoxy) is 1. The van der Waals surface area contributed by atoms with Gasteiger partial charge in [0, 0.05) is 17.5 Å². The minimum atomic E-state index is 0.153. The van der Waals surface area contributed by atoms with Crippen LogP contribution in [0, 0.1) is 6.92 Å². The SMILES string of the molecule is Cc1cccc2oc(-c3cnc4ccc(O[C@H]5C[C@H](N)C5)nn34)cc12. The Labute approximate surface area is 144 Å². The Balaban J connectivity index is 1.56. The third-order valence-corrected chi connectivity index (χ3v) is 4.79. The van der Waals surface area contributed by atoms with Gasteiger partial charge in [0.1, 0.15) is 17.4 Å². The molecule has 0 bridgehead atoms. The summed E-state index contributed by atoms with van der Waals surface area (Å²) in [7, 11) is 0. The Hall–Kier alpha value is -2.86. The molecule has 3 heterocycles. The van der Waals surface area contributed by atoms with Gasteiger partial charge in [0.2, 0.25) is 5.88 Å². The van der Waals surface area contributed by atoms with E-state index < -0.39 is 0 Å². The normalized spacial score (nSPS) is 20.1. The van der Waals surface area contributed by atoms with Crippen molar-refractivity contribution < 1.29 is 9.15 Å². The molecule has 1 saturated carbocycles. The summed E-state index contributed by atoms with van der Waals surface area (Å²) >= 11 is 0. The molecule has 0 amide bonds. The van der Waals surface area contributed by atoms with E-state index in [-0.39, 0.29) is 12.1 Å². The van der Waals surface area contributed by atoms with E-state index in [0.29, 0.717) is 5.88 Å². The quantitative estimate of drug-likeness (QED) is 0.622. The molecule has 6 heteroatoms. The zero-order valence-electron chi connectivity index (χ0n) is 13.8. The third kappa shape index (κ3) is 2.37. The average Bonchev–Trinajstić information content (AvgIpc) is 3.17. The Morgan fingerprint density at radius 2 is 2.12 bits per heavy atom. The zero-order chi connectivity index (χ0) is 17.0. The van der Waals surface area contributed by atoms with Gasteiger partial charge in [-0.15, -0.1) is 5.10 Å². The van der Waals surface area contributed by atoms with Crippen molar-refractivity contribution in [2.75, 3.05) is 0 Å². The lowest BCUT2D eigenvalue weighted by molar-refractivity contribution is 0.0944. The first-order valence-electron chi connectivity index (χ1n) is 8.44. The lowest BCUT2D eigenvalue weighted by Crippen LogP contribution is -2.43. The van der Waals surface area contributed by atoms with Crippen molar-refractivity contribution in [2.45, 2.75) is 31.9 Å². The van der Waals surface area contributed by atoms with Crippen LogP contribution in [0.15, 0.2) is 47.0 Å². The van der Waals surface area contributed by atoms with Gasteiger partial charge < -0.3 is 14.9 Å². The second-order valence-corrected chi connectivity index (χ2v) is 6.65. The highest BCUT2D eigenvalue weighted by Gasteiger charge is 2.28. The van der Waals surface area contributed by atoms with Crippen molar-refractivity contribution in [3.8, 4) is 17.3 Å². The summed E-state index contributed by atoms with van der Waals surface area (Å²) in [6, 6.07) is 12.1. The lowest BCUT2D eigenvalue weighted by atomic mass is 9.90. The largest absolute Gasteiger partial charge is 0.473 e. The maximum Gasteiger partial charge on any atom is 0.232 e. The van der Waals surface area contributed by atoms with Crippen molar-refractivity contribution in [3.63, 3.8) is 0 Å². The minimum Gasteiger partial charge on any atom is -0.473 e. The predicted molar refractivity (Wildman–Crippen MR) is 94.6 cm³/mol. The van der Waals surface area contributed by atoms with Crippen molar-refractivity contribution >= 4 is 16.6 Å². The molecule has 0 radical (unpaired) electrons. The fourth-order valence-corrected chi connectivity index (χ4v) is 3.29. The van der Waals surface area contributed by atoms with Gasteiger partial charge >= 0.3 is 0 Å². The number of nitrogens with two attached hydrogens (primary N) is 1. The molecule has 25 heavy (non-hydrogen) atoms. The van der Waals surface area contributed by atoms with Crippen LogP contribution in [0.3, 0.4) is 0 Å². The number of hydrogen-bond donors (Lipinski definition) is 1. The average molecular weight is 334 g/mol. The van der Waals surface area contributed by atoms with Crippen molar-refractivity contribution in [1.82, 2.24) is 14.6 Å². The number of furan rings is 1. The van der Waals surface area contributed by atoms with Crippen molar-refractivity contribution in [1.29, 1.82) is 0 Å². The molecule has 0 saturated heterocycles. The number of aryl methyl sites for hydroxylation is 1. The van der Waals surface area contributed by atoms with Crippen LogP contribution in [-0.4, -0.2) is 26.7 Å². The highest BCUT2D eigenvalue weighted by molar-refractivity contribution is 5.85. The fourth-order valence-electron chi connectivity index (χ4n) is 3.29. The topological polar surface area (TPSA) is 78.6 Å². The van der Waals surface area contributed by atoms with E-state index in [9.17, 15) is 0 Å². The molecule has 0 atom stereocenters. The highest BCUT2D eigenvalue weighted by atomic mass is 16.5. The molecular weight excluding hydrogens is 316 g/mol. The predicted octanol–water partition coefficient (Wildman–Crippen LogP) is 3.32. The molecule has 1 aliphatic rings. The summed E-state index contributed by atoms with van der Waals surface area (Å²) in [6.45, 7) is 2.07. The molecule has 126 valence electrons. The Morgan fingerprint density at radius 3 is 2.92 bits per heavy atom. The van der Waals surface area contributed by atoms with Crippen LogP contribution < -0.4 is 10.5 Å². The number of hydrogen-bond acceptors (Lipinski definition) is 5. The van der Waals surface area contributed by atoms with E-state index in [1.165, 1.54) is 5.56 Å². The van der Waals surface area contributed by atoms with Crippen LogP contribution in [0.25, 0.3) is 28.1 Å². The number of fused-ring (bicyclic) bond motifs is 2. The highest BCUT2D eigenvalue weighted by Crippen LogP contribution is 2.30. The first kappa shape index (κ1) is 14.5. The molecule has 0 unspecified atom stereocenters. The smallest absolute Gasteiger partial charge is 0.232 e. The second-order valence-electron chi connectivity index (χ2n) is 6.65. The molecule has 1 aliphatic carbocycles.